The van der Waals surface area contributed by atoms with Crippen LogP contribution in [0, 0.1) is 5.82 Å². The standard InChI is InChI=1S/C26H31FN8O/c27-21-6-1-2-7-22(21)34-15-13-33(14-16-34)19-20-18-29-26(28-9-12-32-10-3-4-11-32)35-25(20)30-24(31-35)23-8-5-17-36-23/h1-2,5-8,17-18H,3-4,9-16,19H2,(H,28,29). The summed E-state index contributed by atoms with van der Waals surface area (Å²) in [5, 5.41) is 8.18. The van der Waals surface area contributed by atoms with Crippen LogP contribution in [-0.4, -0.2) is 81.7 Å². The van der Waals surface area contributed by atoms with Gasteiger partial charge in [0.25, 0.3) is 0 Å². The first-order valence-electron chi connectivity index (χ1n) is 12.7. The number of aromatic nitrogens is 4. The Labute approximate surface area is 209 Å². The van der Waals surface area contributed by atoms with E-state index in [1.165, 1.54) is 32.0 Å². The van der Waals surface area contributed by atoms with Crippen molar-refractivity contribution < 1.29 is 8.81 Å². The fraction of sp³-hybridized carbons (Fsp3) is 0.423. The van der Waals surface area contributed by atoms with Crippen molar-refractivity contribution >= 4 is 17.3 Å². The molecule has 5 heterocycles. The van der Waals surface area contributed by atoms with Gasteiger partial charge in [-0.15, -0.1) is 5.10 Å². The van der Waals surface area contributed by atoms with Gasteiger partial charge in [0.1, 0.15) is 5.82 Å². The van der Waals surface area contributed by atoms with Crippen molar-refractivity contribution in [1.29, 1.82) is 0 Å². The van der Waals surface area contributed by atoms with Gasteiger partial charge in [0.15, 0.2) is 11.4 Å². The third-order valence-electron chi connectivity index (χ3n) is 7.05. The van der Waals surface area contributed by atoms with Gasteiger partial charge in [-0.3, -0.25) is 4.90 Å². The molecule has 10 heteroatoms. The zero-order valence-corrected chi connectivity index (χ0v) is 20.3. The van der Waals surface area contributed by atoms with Crippen LogP contribution in [0.3, 0.4) is 0 Å². The maximum absolute atomic E-state index is 14.2. The SMILES string of the molecule is Fc1ccccc1N1CCN(Cc2cnc(NCCN3CCCC3)n3nc(-c4ccco4)nc23)CC1. The highest BCUT2D eigenvalue weighted by atomic mass is 19.1. The summed E-state index contributed by atoms with van der Waals surface area (Å²) >= 11 is 0. The Morgan fingerprint density at radius 2 is 1.78 bits per heavy atom. The van der Waals surface area contributed by atoms with E-state index in [0.717, 1.165) is 50.5 Å². The molecule has 0 atom stereocenters. The molecule has 0 aliphatic carbocycles. The van der Waals surface area contributed by atoms with Crippen molar-refractivity contribution in [1.82, 2.24) is 29.4 Å². The molecular formula is C26H31FN8O. The normalized spacial score (nSPS) is 17.3. The van der Waals surface area contributed by atoms with Crippen LogP contribution in [0.25, 0.3) is 17.2 Å². The van der Waals surface area contributed by atoms with Crippen LogP contribution in [0.15, 0.2) is 53.3 Å². The van der Waals surface area contributed by atoms with E-state index in [-0.39, 0.29) is 5.82 Å². The fourth-order valence-electron chi connectivity index (χ4n) is 5.09. The van der Waals surface area contributed by atoms with Crippen LogP contribution in [0.1, 0.15) is 18.4 Å². The van der Waals surface area contributed by atoms with Crippen molar-refractivity contribution in [3.05, 3.63) is 60.2 Å². The van der Waals surface area contributed by atoms with E-state index in [4.69, 9.17) is 19.5 Å². The fourth-order valence-corrected chi connectivity index (χ4v) is 5.09. The van der Waals surface area contributed by atoms with E-state index >= 15 is 0 Å². The van der Waals surface area contributed by atoms with Gasteiger partial charge in [0.2, 0.25) is 11.8 Å². The number of nitrogens with zero attached hydrogens (tertiary/aromatic N) is 7. The summed E-state index contributed by atoms with van der Waals surface area (Å²) in [6, 6.07) is 10.7. The first-order valence-corrected chi connectivity index (χ1v) is 12.7. The Hall–Kier alpha value is -3.50. The average Bonchev–Trinajstić information content (AvgIpc) is 3.68. The van der Waals surface area contributed by atoms with Crippen molar-refractivity contribution in [2.75, 3.05) is 62.6 Å². The molecule has 0 unspecified atom stereocenters. The number of hydrogen-bond acceptors (Lipinski definition) is 8. The summed E-state index contributed by atoms with van der Waals surface area (Å²) in [5.41, 5.74) is 2.45. The third-order valence-corrected chi connectivity index (χ3v) is 7.05. The molecule has 0 amide bonds. The number of para-hydroxylation sites is 1. The van der Waals surface area contributed by atoms with E-state index in [0.29, 0.717) is 29.8 Å². The number of likely N-dealkylation sites (tertiary alicyclic amines) is 1. The van der Waals surface area contributed by atoms with Crippen LogP contribution in [0.4, 0.5) is 16.0 Å². The van der Waals surface area contributed by atoms with Crippen LogP contribution in [0.2, 0.25) is 0 Å². The Bertz CT molecular complexity index is 1290. The predicted molar refractivity (Wildman–Crippen MR) is 137 cm³/mol. The molecule has 0 saturated carbocycles. The van der Waals surface area contributed by atoms with Gasteiger partial charge in [-0.05, 0) is 50.2 Å². The van der Waals surface area contributed by atoms with Crippen LogP contribution in [0.5, 0.6) is 0 Å². The number of furan rings is 1. The average molecular weight is 491 g/mol. The van der Waals surface area contributed by atoms with Gasteiger partial charge in [-0.2, -0.15) is 4.52 Å². The molecule has 0 bridgehead atoms. The summed E-state index contributed by atoms with van der Waals surface area (Å²) in [6.45, 7) is 8.01. The maximum Gasteiger partial charge on any atom is 0.225 e. The highest BCUT2D eigenvalue weighted by Crippen LogP contribution is 2.24. The number of hydrogen-bond donors (Lipinski definition) is 1. The van der Waals surface area contributed by atoms with Crippen molar-refractivity contribution in [2.45, 2.75) is 19.4 Å². The molecule has 2 aliphatic rings. The second-order valence-electron chi connectivity index (χ2n) is 9.45. The van der Waals surface area contributed by atoms with Crippen molar-refractivity contribution in [2.24, 2.45) is 0 Å². The van der Waals surface area contributed by atoms with E-state index in [9.17, 15) is 4.39 Å². The van der Waals surface area contributed by atoms with E-state index in [1.54, 1.807) is 16.8 Å². The second kappa shape index (κ2) is 10.2. The molecule has 2 fully saturated rings. The number of nitrogens with one attached hydrogen (secondary N) is 1. The largest absolute Gasteiger partial charge is 0.461 e. The molecule has 9 nitrogen and oxygen atoms in total. The number of piperazine rings is 1. The number of halogens is 1. The minimum Gasteiger partial charge on any atom is -0.461 e. The van der Waals surface area contributed by atoms with Gasteiger partial charge < -0.3 is 19.5 Å². The van der Waals surface area contributed by atoms with Crippen molar-refractivity contribution in [3.63, 3.8) is 0 Å². The quantitative estimate of drug-likeness (QED) is 0.403. The van der Waals surface area contributed by atoms with E-state index in [2.05, 4.69) is 20.0 Å². The van der Waals surface area contributed by atoms with E-state index < -0.39 is 0 Å². The molecule has 3 aromatic heterocycles. The van der Waals surface area contributed by atoms with Gasteiger partial charge in [0, 0.05) is 57.6 Å². The lowest BCUT2D eigenvalue weighted by Crippen LogP contribution is -2.46. The lowest BCUT2D eigenvalue weighted by molar-refractivity contribution is 0.249. The summed E-state index contributed by atoms with van der Waals surface area (Å²) in [5.74, 6) is 1.69. The first-order chi connectivity index (χ1) is 17.7. The molecule has 2 aliphatic heterocycles. The Kier molecular flexibility index (Phi) is 6.52. The molecule has 1 aromatic carbocycles. The van der Waals surface area contributed by atoms with Gasteiger partial charge in [-0.1, -0.05) is 12.1 Å². The molecule has 6 rings (SSSR count). The Morgan fingerprint density at radius 3 is 2.56 bits per heavy atom. The van der Waals surface area contributed by atoms with Gasteiger partial charge >= 0.3 is 0 Å². The molecule has 188 valence electrons. The zero-order chi connectivity index (χ0) is 24.3. The first kappa shape index (κ1) is 22.9. The molecule has 0 spiro atoms. The predicted octanol–water partition coefficient (Wildman–Crippen LogP) is 3.35. The molecule has 4 aromatic rings. The highest BCUT2D eigenvalue weighted by molar-refractivity contribution is 5.58. The number of benzene rings is 1. The number of anilines is 2. The van der Waals surface area contributed by atoms with Crippen LogP contribution < -0.4 is 10.2 Å². The monoisotopic (exact) mass is 490 g/mol. The van der Waals surface area contributed by atoms with E-state index in [1.807, 2.05) is 30.5 Å². The number of rotatable bonds is 8. The highest BCUT2D eigenvalue weighted by Gasteiger charge is 2.22. The smallest absolute Gasteiger partial charge is 0.225 e. The molecule has 36 heavy (non-hydrogen) atoms. The summed E-state index contributed by atoms with van der Waals surface area (Å²) in [4.78, 5) is 16.5. The third kappa shape index (κ3) is 4.78. The molecule has 1 N–H and O–H groups in total. The molecule has 0 radical (unpaired) electrons. The minimum atomic E-state index is -0.168. The zero-order valence-electron chi connectivity index (χ0n) is 20.3. The van der Waals surface area contributed by atoms with Crippen molar-refractivity contribution in [3.8, 4) is 11.6 Å². The topological polar surface area (TPSA) is 78.0 Å². The lowest BCUT2D eigenvalue weighted by Gasteiger charge is -2.36. The molecule has 2 saturated heterocycles. The number of fused-ring (bicyclic) bond motifs is 1. The maximum atomic E-state index is 14.2. The van der Waals surface area contributed by atoms with Gasteiger partial charge in [-0.25, -0.2) is 14.4 Å². The Balaban J connectivity index is 1.19. The molecular weight excluding hydrogens is 459 g/mol. The Morgan fingerprint density at radius 1 is 0.944 bits per heavy atom. The van der Waals surface area contributed by atoms with Gasteiger partial charge in [0.05, 0.1) is 12.0 Å². The summed E-state index contributed by atoms with van der Waals surface area (Å²) < 4.78 is 21.6. The van der Waals surface area contributed by atoms with Crippen LogP contribution >= 0.6 is 0 Å². The summed E-state index contributed by atoms with van der Waals surface area (Å²) in [6.07, 6.45) is 6.09. The van der Waals surface area contributed by atoms with Crippen LogP contribution in [-0.2, 0) is 6.54 Å². The lowest BCUT2D eigenvalue weighted by atomic mass is 10.2. The minimum absolute atomic E-state index is 0.168. The summed E-state index contributed by atoms with van der Waals surface area (Å²) in [7, 11) is 0. The second-order valence-corrected chi connectivity index (χ2v) is 9.45.